The summed E-state index contributed by atoms with van der Waals surface area (Å²) in [6.45, 7) is -0.311. The molecule has 0 saturated carbocycles. The van der Waals surface area contributed by atoms with E-state index < -0.39 is 23.9 Å². The van der Waals surface area contributed by atoms with Crippen molar-refractivity contribution in [1.82, 2.24) is 0 Å². The highest BCUT2D eigenvalue weighted by Gasteiger charge is 2.27. The Morgan fingerprint density at radius 3 is 1.95 bits per heavy atom. The van der Waals surface area contributed by atoms with Crippen LogP contribution in [0.1, 0.15) is 0 Å². The molecule has 1 saturated heterocycles. The average molecular weight is 428 g/mol. The van der Waals surface area contributed by atoms with Crippen molar-refractivity contribution in [2.24, 2.45) is 0 Å². The van der Waals surface area contributed by atoms with E-state index in [1.165, 1.54) is 0 Å². The van der Waals surface area contributed by atoms with Gasteiger partial charge in [0.1, 0.15) is 50.9 Å². The third kappa shape index (κ3) is 9.26. The zero-order chi connectivity index (χ0) is 16.2. The first-order valence-electron chi connectivity index (χ1n) is 4.71. The van der Waals surface area contributed by atoms with Gasteiger partial charge in [0.25, 0.3) is 0 Å². The van der Waals surface area contributed by atoms with Crippen molar-refractivity contribution in [1.29, 1.82) is 0 Å². The number of carbonyl (C=O) groups is 4. The topological polar surface area (TPSA) is 124 Å². The Balaban J connectivity index is 2.44. The number of rotatable bonds is 0. The molecule has 0 spiro atoms. The maximum absolute atomic E-state index is 11.1. The van der Waals surface area contributed by atoms with E-state index in [9.17, 15) is 19.2 Å². The van der Waals surface area contributed by atoms with Crippen LogP contribution in [-0.2, 0) is 44.3 Å². The van der Waals surface area contributed by atoms with Crippen molar-refractivity contribution in [2.45, 2.75) is 0 Å². The van der Waals surface area contributed by atoms with Crippen LogP contribution in [0, 0.1) is 0 Å². The highest BCUT2D eigenvalue weighted by Crippen LogP contribution is 2.39. The molecule has 22 heavy (non-hydrogen) atoms. The van der Waals surface area contributed by atoms with Gasteiger partial charge in [-0.05, 0) is 0 Å². The summed E-state index contributed by atoms with van der Waals surface area (Å²) >= 11 is 4.42. The van der Waals surface area contributed by atoms with Crippen LogP contribution in [-0.4, -0.2) is 37.1 Å². The minimum absolute atomic E-state index is 0.0448. The number of hydrogen-bond acceptors (Lipinski definition) is 16. The first-order valence-corrected chi connectivity index (χ1v) is 10.7. The van der Waals surface area contributed by atoms with Gasteiger partial charge < -0.3 is 13.7 Å². The lowest BCUT2D eigenvalue weighted by molar-refractivity contribution is -0.177. The third-order valence-corrected chi connectivity index (χ3v) is 5.80. The zero-order valence-electron chi connectivity index (χ0n) is 9.95. The molecule has 0 N–H and O–H groups in total. The molecule has 0 unspecified atom stereocenters. The summed E-state index contributed by atoms with van der Waals surface area (Å²) < 4.78 is 27.3. The molecule has 0 aromatic heterocycles. The minimum Gasteiger partial charge on any atom is -0.455 e. The minimum atomic E-state index is -1.66. The summed E-state index contributed by atoms with van der Waals surface area (Å²) in [7, 11) is 0. The quantitative estimate of drug-likeness (QED) is 0.183. The molecule has 0 aromatic carbocycles. The molecule has 1 rings (SSSR count). The number of ether oxygens (including phenoxy) is 2. The van der Waals surface area contributed by atoms with E-state index in [0.29, 0.717) is 22.1 Å². The Morgan fingerprint density at radius 2 is 1.23 bits per heavy atom. The third-order valence-electron chi connectivity index (χ3n) is 1.27. The second-order valence-corrected chi connectivity index (χ2v) is 7.31. The first kappa shape index (κ1) is 20.1. The Hall–Kier alpha value is 0.0600. The van der Waals surface area contributed by atoms with Gasteiger partial charge in [-0.3, -0.25) is 4.18 Å². The van der Waals surface area contributed by atoms with E-state index in [-0.39, 0.29) is 13.2 Å². The molecule has 1 aliphatic rings. The van der Waals surface area contributed by atoms with Gasteiger partial charge in [0.2, 0.25) is 0 Å². The predicted octanol–water partition coefficient (Wildman–Crippen LogP) is 1.84. The Kier molecular flexibility index (Phi) is 11.4. The summed E-state index contributed by atoms with van der Waals surface area (Å²) in [6, 6.07) is 0. The normalized spacial score (nSPS) is 21.1. The molecular weight excluding hydrogens is 424 g/mol. The van der Waals surface area contributed by atoms with E-state index in [4.69, 9.17) is 11.4 Å². The fraction of sp³-hybridized carbons (Fsp3) is 0.333. The van der Waals surface area contributed by atoms with Crippen LogP contribution < -0.4 is 0 Å². The van der Waals surface area contributed by atoms with Crippen molar-refractivity contribution in [2.75, 3.05) is 13.2 Å². The van der Waals surface area contributed by atoms with Crippen molar-refractivity contribution in [3.8, 4) is 0 Å². The van der Waals surface area contributed by atoms with Crippen molar-refractivity contribution in [3.63, 3.8) is 0 Å². The van der Waals surface area contributed by atoms with Gasteiger partial charge in [-0.1, -0.05) is 0 Å². The average Bonchev–Trinajstić information content (AvgIpc) is 2.50. The number of esters is 3. The maximum atomic E-state index is 11.1. The van der Waals surface area contributed by atoms with Gasteiger partial charge >= 0.3 is 23.9 Å². The molecule has 0 atom stereocenters. The van der Waals surface area contributed by atoms with Gasteiger partial charge in [-0.15, -0.1) is 0 Å². The van der Waals surface area contributed by atoms with E-state index >= 15 is 0 Å². The molecule has 1 heterocycles. The molecule has 0 aromatic rings. The lowest BCUT2D eigenvalue weighted by Crippen LogP contribution is -2.28. The Bertz CT molecular complexity index is 381. The molecule has 0 radical (unpaired) electrons. The fourth-order valence-electron chi connectivity index (χ4n) is 0.595. The monoisotopic (exact) mass is 428 g/mol. The van der Waals surface area contributed by atoms with Crippen LogP contribution >= 0.6 is 66.4 Å². The van der Waals surface area contributed by atoms with Crippen LogP contribution in [0.5, 0.6) is 0 Å². The summed E-state index contributed by atoms with van der Waals surface area (Å²) in [5.74, 6) is -6.25. The maximum Gasteiger partial charge on any atom is 0.430 e. The van der Waals surface area contributed by atoms with Crippen LogP contribution in [0.2, 0.25) is 0 Å². The fourth-order valence-corrected chi connectivity index (χ4v) is 4.51. The van der Waals surface area contributed by atoms with Crippen LogP contribution in [0.3, 0.4) is 0 Å². The van der Waals surface area contributed by atoms with E-state index in [0.717, 1.165) is 44.3 Å². The van der Waals surface area contributed by atoms with Gasteiger partial charge in [-0.2, -0.15) is 0 Å². The Labute approximate surface area is 147 Å². The molecule has 16 heteroatoms. The largest absolute Gasteiger partial charge is 0.455 e. The van der Waals surface area contributed by atoms with E-state index in [2.05, 4.69) is 13.7 Å². The van der Waals surface area contributed by atoms with Gasteiger partial charge in [0.05, 0.1) is 17.7 Å². The van der Waals surface area contributed by atoms with E-state index in [1.807, 2.05) is 0 Å². The number of hydrogen-bond donors (Lipinski definition) is 0. The highest BCUT2D eigenvalue weighted by molar-refractivity contribution is 8.82. The summed E-state index contributed by atoms with van der Waals surface area (Å²) in [6.07, 6.45) is 0. The molecule has 10 nitrogen and oxygen atoms in total. The van der Waals surface area contributed by atoms with E-state index in [1.54, 1.807) is 0 Å². The smallest absolute Gasteiger partial charge is 0.430 e. The molecule has 0 aliphatic carbocycles. The van der Waals surface area contributed by atoms with Crippen LogP contribution in [0.25, 0.3) is 0 Å². The highest BCUT2D eigenvalue weighted by atomic mass is 33.2. The van der Waals surface area contributed by atoms with Crippen LogP contribution in [0.4, 0.5) is 0 Å². The number of cyclic esters (lactones) is 3. The standard InChI is InChI=1S/C6H4O10S6/c7-3-4(8)13-5(9)6(10)14-18-20-16-22-21-15-19-17-12-2-1-11-3/h1-2H2. The summed E-state index contributed by atoms with van der Waals surface area (Å²) in [5, 5.41) is 0. The number of carbonyl (C=O) groups excluding carboxylic acids is 4. The van der Waals surface area contributed by atoms with Gasteiger partial charge in [0.15, 0.2) is 11.1 Å². The summed E-state index contributed by atoms with van der Waals surface area (Å²) in [5.41, 5.74) is 0. The lowest BCUT2D eigenvalue weighted by atomic mass is 10.6. The molecule has 124 valence electrons. The first-order chi connectivity index (χ1) is 10.6. The van der Waals surface area contributed by atoms with Crippen molar-refractivity contribution < 1.29 is 44.3 Å². The molecule has 1 aliphatic heterocycles. The van der Waals surface area contributed by atoms with Crippen molar-refractivity contribution >= 4 is 90.3 Å². The second-order valence-electron chi connectivity index (χ2n) is 2.55. The van der Waals surface area contributed by atoms with Crippen LogP contribution in [0.15, 0.2) is 0 Å². The van der Waals surface area contributed by atoms with Crippen molar-refractivity contribution in [3.05, 3.63) is 0 Å². The Morgan fingerprint density at radius 1 is 0.636 bits per heavy atom. The molecular formula is C6H4O10S6. The SMILES string of the molecule is O=C1OCCOSSOSSOSSOC(=O)C(=O)OC1=O. The molecule has 1 fully saturated rings. The zero-order valence-corrected chi connectivity index (χ0v) is 14.8. The predicted molar refractivity (Wildman–Crippen MR) is 81.8 cm³/mol. The van der Waals surface area contributed by atoms with Gasteiger partial charge in [0, 0.05) is 0 Å². The molecule has 0 amide bonds. The lowest BCUT2D eigenvalue weighted by Gasteiger charge is -2.05. The summed E-state index contributed by atoms with van der Waals surface area (Å²) in [4.78, 5) is 44.5. The van der Waals surface area contributed by atoms with Gasteiger partial charge in [-0.25, -0.2) is 26.4 Å². The molecule has 0 bridgehead atoms. The second kappa shape index (κ2) is 12.5.